The molecule has 1 aliphatic heterocycles. The third-order valence-corrected chi connectivity index (χ3v) is 5.20. The van der Waals surface area contributed by atoms with Crippen molar-refractivity contribution in [1.29, 1.82) is 0 Å². The molecule has 1 unspecified atom stereocenters. The van der Waals surface area contributed by atoms with Gasteiger partial charge in [-0.15, -0.1) is 0 Å². The number of rotatable bonds is 5. The molecule has 0 aromatic heterocycles. The number of nitrogens with one attached hydrogen (secondary N) is 1. The van der Waals surface area contributed by atoms with Crippen LogP contribution in [0.5, 0.6) is 0 Å². The Bertz CT molecular complexity index is 419. The molecule has 2 fully saturated rings. The minimum atomic E-state index is 0.687. The molecular weight excluding hydrogens is 268 g/mol. The maximum absolute atomic E-state index is 5.94. The van der Waals surface area contributed by atoms with Crippen LogP contribution in [0.2, 0.25) is 5.02 Å². The van der Waals surface area contributed by atoms with E-state index in [1.807, 2.05) is 12.1 Å². The lowest BCUT2D eigenvalue weighted by Gasteiger charge is -2.38. The summed E-state index contributed by atoms with van der Waals surface area (Å²) in [5.74, 6) is 0.729. The number of benzene rings is 1. The van der Waals surface area contributed by atoms with Gasteiger partial charge >= 0.3 is 0 Å². The van der Waals surface area contributed by atoms with Crippen LogP contribution in [0.4, 0.5) is 0 Å². The second-order valence-corrected chi connectivity index (χ2v) is 6.85. The van der Waals surface area contributed by atoms with E-state index in [0.29, 0.717) is 12.1 Å². The molecule has 1 saturated carbocycles. The molecule has 0 bridgehead atoms. The van der Waals surface area contributed by atoms with Gasteiger partial charge in [0.2, 0.25) is 0 Å². The summed E-state index contributed by atoms with van der Waals surface area (Å²) in [6, 6.07) is 9.76. The Morgan fingerprint density at radius 1 is 1.20 bits per heavy atom. The van der Waals surface area contributed by atoms with Crippen LogP contribution in [0.25, 0.3) is 0 Å². The van der Waals surface area contributed by atoms with Gasteiger partial charge < -0.3 is 5.32 Å². The zero-order valence-electron chi connectivity index (χ0n) is 12.3. The van der Waals surface area contributed by atoms with Crippen molar-refractivity contribution in [3.8, 4) is 0 Å². The van der Waals surface area contributed by atoms with Crippen LogP contribution in [0.1, 0.15) is 44.1 Å². The molecule has 20 heavy (non-hydrogen) atoms. The third kappa shape index (κ3) is 3.36. The van der Waals surface area contributed by atoms with Crippen molar-refractivity contribution in [3.05, 3.63) is 34.9 Å². The first-order chi connectivity index (χ1) is 9.72. The normalized spacial score (nSPS) is 28.3. The molecule has 110 valence electrons. The van der Waals surface area contributed by atoms with E-state index in [4.69, 9.17) is 11.6 Å². The summed E-state index contributed by atoms with van der Waals surface area (Å²) in [5.41, 5.74) is 1.44. The quantitative estimate of drug-likeness (QED) is 0.891. The van der Waals surface area contributed by atoms with E-state index in [-0.39, 0.29) is 0 Å². The van der Waals surface area contributed by atoms with Crippen molar-refractivity contribution in [2.75, 3.05) is 19.6 Å². The smallest absolute Gasteiger partial charge is 0.0406 e. The summed E-state index contributed by atoms with van der Waals surface area (Å²) in [5, 5.41) is 4.57. The molecule has 1 aromatic carbocycles. The topological polar surface area (TPSA) is 15.3 Å². The van der Waals surface area contributed by atoms with E-state index in [2.05, 4.69) is 29.3 Å². The van der Waals surface area contributed by atoms with Crippen molar-refractivity contribution in [2.45, 2.75) is 50.6 Å². The van der Waals surface area contributed by atoms with Crippen molar-refractivity contribution in [1.82, 2.24) is 10.2 Å². The van der Waals surface area contributed by atoms with Gasteiger partial charge in [0.25, 0.3) is 0 Å². The van der Waals surface area contributed by atoms with Gasteiger partial charge in [0.1, 0.15) is 0 Å². The van der Waals surface area contributed by atoms with Gasteiger partial charge in [-0.25, -0.2) is 0 Å². The molecule has 1 atom stereocenters. The van der Waals surface area contributed by atoms with Crippen molar-refractivity contribution in [3.63, 3.8) is 0 Å². The lowest BCUT2D eigenvalue weighted by Crippen LogP contribution is -2.46. The van der Waals surface area contributed by atoms with Crippen molar-refractivity contribution < 1.29 is 0 Å². The Kier molecular flexibility index (Phi) is 4.65. The van der Waals surface area contributed by atoms with Crippen LogP contribution in [0.15, 0.2) is 24.3 Å². The molecule has 2 nitrogen and oxygen atoms in total. The molecule has 1 heterocycles. The van der Waals surface area contributed by atoms with Gasteiger partial charge in [-0.2, -0.15) is 0 Å². The maximum atomic E-state index is 5.94. The van der Waals surface area contributed by atoms with E-state index in [9.17, 15) is 0 Å². The van der Waals surface area contributed by atoms with E-state index in [0.717, 1.165) is 17.5 Å². The SMILES string of the molecule is CC(CNC1CC(c2ccc(Cl)cc2)C1)N1CCCC1. The number of nitrogens with zero attached hydrogens (tertiary/aromatic N) is 1. The number of likely N-dealkylation sites (tertiary alicyclic amines) is 1. The van der Waals surface area contributed by atoms with E-state index >= 15 is 0 Å². The summed E-state index contributed by atoms with van der Waals surface area (Å²) in [6.07, 6.45) is 5.31. The Balaban J connectivity index is 1.38. The van der Waals surface area contributed by atoms with E-state index in [1.165, 1.54) is 44.3 Å². The minimum Gasteiger partial charge on any atom is -0.312 e. The van der Waals surface area contributed by atoms with Gasteiger partial charge in [-0.1, -0.05) is 23.7 Å². The van der Waals surface area contributed by atoms with Gasteiger partial charge in [0.05, 0.1) is 0 Å². The Hall–Kier alpha value is -0.570. The van der Waals surface area contributed by atoms with Crippen LogP contribution in [0.3, 0.4) is 0 Å². The van der Waals surface area contributed by atoms with Crippen LogP contribution in [-0.2, 0) is 0 Å². The fourth-order valence-corrected chi connectivity index (χ4v) is 3.57. The lowest BCUT2D eigenvalue weighted by molar-refractivity contribution is 0.220. The molecule has 3 rings (SSSR count). The molecule has 1 aliphatic carbocycles. The van der Waals surface area contributed by atoms with Crippen LogP contribution >= 0.6 is 11.6 Å². The fraction of sp³-hybridized carbons (Fsp3) is 0.647. The van der Waals surface area contributed by atoms with Crippen molar-refractivity contribution in [2.24, 2.45) is 0 Å². The first kappa shape index (κ1) is 14.4. The molecule has 0 radical (unpaired) electrons. The number of halogens is 1. The molecule has 2 aliphatic rings. The van der Waals surface area contributed by atoms with Crippen LogP contribution < -0.4 is 5.32 Å². The number of hydrogen-bond acceptors (Lipinski definition) is 2. The predicted molar refractivity (Wildman–Crippen MR) is 85.5 cm³/mol. The third-order valence-electron chi connectivity index (χ3n) is 4.95. The summed E-state index contributed by atoms with van der Waals surface area (Å²) in [7, 11) is 0. The molecule has 1 aromatic rings. The predicted octanol–water partition coefficient (Wildman–Crippen LogP) is 3.66. The van der Waals surface area contributed by atoms with Crippen LogP contribution in [-0.4, -0.2) is 36.6 Å². The molecular formula is C17H25ClN2. The highest BCUT2D eigenvalue weighted by Gasteiger charge is 2.30. The summed E-state index contributed by atoms with van der Waals surface area (Å²) in [4.78, 5) is 2.61. The Labute approximate surface area is 127 Å². The maximum Gasteiger partial charge on any atom is 0.0406 e. The first-order valence-corrected chi connectivity index (χ1v) is 8.33. The van der Waals surface area contributed by atoms with Gasteiger partial charge in [0, 0.05) is 23.7 Å². The van der Waals surface area contributed by atoms with E-state index < -0.39 is 0 Å². The number of hydrogen-bond donors (Lipinski definition) is 1. The van der Waals surface area contributed by atoms with Gasteiger partial charge in [0.15, 0.2) is 0 Å². The average molecular weight is 293 g/mol. The Morgan fingerprint density at radius 2 is 1.85 bits per heavy atom. The zero-order valence-corrected chi connectivity index (χ0v) is 13.1. The standard InChI is InChI=1S/C17H25ClN2/c1-13(20-8-2-3-9-20)12-19-17-10-15(11-17)14-4-6-16(18)7-5-14/h4-7,13,15,17,19H,2-3,8-12H2,1H3. The lowest BCUT2D eigenvalue weighted by atomic mass is 9.76. The molecule has 0 amide bonds. The highest BCUT2D eigenvalue weighted by atomic mass is 35.5. The summed E-state index contributed by atoms with van der Waals surface area (Å²) in [6.45, 7) is 6.08. The highest BCUT2D eigenvalue weighted by molar-refractivity contribution is 6.30. The molecule has 3 heteroatoms. The fourth-order valence-electron chi connectivity index (χ4n) is 3.44. The second-order valence-electron chi connectivity index (χ2n) is 6.42. The minimum absolute atomic E-state index is 0.687. The molecule has 1 saturated heterocycles. The monoisotopic (exact) mass is 292 g/mol. The first-order valence-electron chi connectivity index (χ1n) is 7.95. The molecule has 0 spiro atoms. The second kappa shape index (κ2) is 6.46. The largest absolute Gasteiger partial charge is 0.312 e. The summed E-state index contributed by atoms with van der Waals surface area (Å²) < 4.78 is 0. The highest BCUT2D eigenvalue weighted by Crippen LogP contribution is 2.37. The average Bonchev–Trinajstić information content (AvgIpc) is 2.92. The Morgan fingerprint density at radius 3 is 2.50 bits per heavy atom. The van der Waals surface area contributed by atoms with Crippen molar-refractivity contribution >= 4 is 11.6 Å². The van der Waals surface area contributed by atoms with Crippen LogP contribution in [0, 0.1) is 0 Å². The van der Waals surface area contributed by atoms with Gasteiger partial charge in [-0.05, 0) is 69.3 Å². The molecule has 1 N–H and O–H groups in total. The zero-order chi connectivity index (χ0) is 13.9. The van der Waals surface area contributed by atoms with E-state index in [1.54, 1.807) is 0 Å². The summed E-state index contributed by atoms with van der Waals surface area (Å²) >= 11 is 5.94. The van der Waals surface area contributed by atoms with Gasteiger partial charge in [-0.3, -0.25) is 4.90 Å².